The maximum atomic E-state index is 10.6. The first-order chi connectivity index (χ1) is 14.7. The Bertz CT molecular complexity index is 1190. The molecule has 2 aromatic carbocycles. The molecule has 0 radical (unpaired) electrons. The summed E-state index contributed by atoms with van der Waals surface area (Å²) in [5.41, 5.74) is 10.5. The van der Waals surface area contributed by atoms with Crippen LogP contribution in [0, 0.1) is 11.8 Å². The van der Waals surface area contributed by atoms with Gasteiger partial charge in [0.15, 0.2) is 5.88 Å². The van der Waals surface area contributed by atoms with Crippen LogP contribution in [0.4, 0.5) is 5.69 Å². The molecule has 1 saturated heterocycles. The SMILES string of the molecule is NC1[C@H]2CN(CCON=C3C(c4c(O)[nH]c5ccccc45)=Nc4ccccc43)C[C@@H]12. The molecule has 3 aliphatic rings. The molecule has 6 rings (SSSR count). The number of hydrogen-bond acceptors (Lipinski definition) is 6. The Hall–Kier alpha value is -3.16. The number of oxime groups is 1. The average molecular weight is 401 g/mol. The molecule has 0 spiro atoms. The molecular formula is C23H23N5O2. The molecule has 30 heavy (non-hydrogen) atoms. The summed E-state index contributed by atoms with van der Waals surface area (Å²) in [6, 6.07) is 16.0. The Morgan fingerprint density at radius 3 is 2.77 bits per heavy atom. The highest BCUT2D eigenvalue weighted by molar-refractivity contribution is 6.58. The number of piperidine rings is 1. The first kappa shape index (κ1) is 17.7. The number of nitrogens with one attached hydrogen (secondary N) is 1. The maximum absolute atomic E-state index is 10.6. The van der Waals surface area contributed by atoms with Crippen molar-refractivity contribution >= 4 is 28.0 Å². The summed E-state index contributed by atoms with van der Waals surface area (Å²) in [6.45, 7) is 3.46. The normalized spacial score (nSPS) is 26.1. The summed E-state index contributed by atoms with van der Waals surface area (Å²) in [5.74, 6) is 1.42. The number of aromatic nitrogens is 1. The van der Waals surface area contributed by atoms with Crippen LogP contribution in [-0.4, -0.2) is 58.7 Å². The quantitative estimate of drug-likeness (QED) is 0.452. The number of rotatable bonds is 5. The Labute approximate surface area is 173 Å². The van der Waals surface area contributed by atoms with Gasteiger partial charge in [0.1, 0.15) is 18.0 Å². The second kappa shape index (κ2) is 6.68. The third-order valence-electron chi connectivity index (χ3n) is 6.53. The summed E-state index contributed by atoms with van der Waals surface area (Å²) < 4.78 is 0. The summed E-state index contributed by atoms with van der Waals surface area (Å²) in [4.78, 5) is 15.9. The number of nitrogens with two attached hydrogens (primary N) is 1. The van der Waals surface area contributed by atoms with Crippen molar-refractivity contribution in [1.82, 2.24) is 9.88 Å². The number of nitrogens with zero attached hydrogens (tertiary/aromatic N) is 3. The number of aromatic amines is 1. The second-order valence-corrected chi connectivity index (χ2v) is 8.31. The smallest absolute Gasteiger partial charge is 0.199 e. The molecule has 1 unspecified atom stereocenters. The molecule has 152 valence electrons. The third-order valence-corrected chi connectivity index (χ3v) is 6.53. The molecule has 2 aliphatic heterocycles. The number of aromatic hydroxyl groups is 1. The predicted octanol–water partition coefficient (Wildman–Crippen LogP) is 2.62. The van der Waals surface area contributed by atoms with Crippen LogP contribution in [0.15, 0.2) is 58.7 Å². The lowest BCUT2D eigenvalue weighted by Gasteiger charge is -2.17. The molecular weight excluding hydrogens is 378 g/mol. The minimum Gasteiger partial charge on any atom is -0.494 e. The highest BCUT2D eigenvalue weighted by Crippen LogP contribution is 2.43. The van der Waals surface area contributed by atoms with Crippen molar-refractivity contribution in [1.29, 1.82) is 0 Å². The number of benzene rings is 2. The Morgan fingerprint density at radius 2 is 1.90 bits per heavy atom. The van der Waals surface area contributed by atoms with Gasteiger partial charge in [-0.2, -0.15) is 0 Å². The topological polar surface area (TPSA) is 99.2 Å². The molecule has 7 nitrogen and oxygen atoms in total. The van der Waals surface area contributed by atoms with Crippen LogP contribution in [0.3, 0.4) is 0 Å². The number of aliphatic imine (C=N–C) groups is 1. The average Bonchev–Trinajstić information content (AvgIpc) is 3.16. The zero-order chi connectivity index (χ0) is 20.2. The van der Waals surface area contributed by atoms with Gasteiger partial charge >= 0.3 is 0 Å². The lowest BCUT2D eigenvalue weighted by Crippen LogP contribution is -2.31. The summed E-state index contributed by atoms with van der Waals surface area (Å²) in [7, 11) is 0. The van der Waals surface area contributed by atoms with Crippen LogP contribution < -0.4 is 5.73 Å². The van der Waals surface area contributed by atoms with E-state index in [2.05, 4.69) is 15.0 Å². The molecule has 2 fully saturated rings. The van der Waals surface area contributed by atoms with Crippen LogP contribution in [0.25, 0.3) is 10.9 Å². The van der Waals surface area contributed by atoms with E-state index in [0.29, 0.717) is 41.5 Å². The first-order valence-corrected chi connectivity index (χ1v) is 10.4. The monoisotopic (exact) mass is 401 g/mol. The van der Waals surface area contributed by atoms with Gasteiger partial charge in [-0.3, -0.25) is 4.90 Å². The van der Waals surface area contributed by atoms with E-state index in [-0.39, 0.29) is 5.88 Å². The van der Waals surface area contributed by atoms with Crippen LogP contribution in [0.2, 0.25) is 0 Å². The second-order valence-electron chi connectivity index (χ2n) is 8.31. The Balaban J connectivity index is 1.27. The molecule has 1 saturated carbocycles. The maximum Gasteiger partial charge on any atom is 0.199 e. The lowest BCUT2D eigenvalue weighted by atomic mass is 10.0. The van der Waals surface area contributed by atoms with Crippen LogP contribution in [0.5, 0.6) is 5.88 Å². The van der Waals surface area contributed by atoms with E-state index in [4.69, 9.17) is 15.6 Å². The molecule has 3 heterocycles. The summed E-state index contributed by atoms with van der Waals surface area (Å²) in [5, 5.41) is 16.0. The summed E-state index contributed by atoms with van der Waals surface area (Å²) >= 11 is 0. The number of likely N-dealkylation sites (tertiary alicyclic amines) is 1. The van der Waals surface area contributed by atoms with Crippen molar-refractivity contribution in [2.24, 2.45) is 27.7 Å². The van der Waals surface area contributed by atoms with Gasteiger partial charge < -0.3 is 20.7 Å². The Kier molecular flexibility index (Phi) is 3.94. The molecule has 7 heteroatoms. The molecule has 4 N–H and O–H groups in total. The first-order valence-electron chi connectivity index (χ1n) is 10.4. The number of H-pyrrole nitrogens is 1. The van der Waals surface area contributed by atoms with Gasteiger partial charge in [0.05, 0.1) is 11.3 Å². The highest BCUT2D eigenvalue weighted by atomic mass is 16.6. The van der Waals surface area contributed by atoms with Crippen molar-refractivity contribution in [3.63, 3.8) is 0 Å². The third kappa shape index (κ3) is 2.74. The molecule has 1 aliphatic carbocycles. The van der Waals surface area contributed by atoms with E-state index in [1.807, 2.05) is 48.5 Å². The van der Waals surface area contributed by atoms with Crippen molar-refractivity contribution in [2.75, 3.05) is 26.2 Å². The fourth-order valence-corrected chi connectivity index (χ4v) is 4.83. The van der Waals surface area contributed by atoms with E-state index < -0.39 is 0 Å². The molecule has 0 amide bonds. The standard InChI is InChI=1S/C23H23N5O2/c24-20-15-11-28(12-16(15)20)9-10-30-27-21-14-6-2-4-8-18(14)25-22(21)19-13-5-1-3-7-17(13)26-23(19)29/h1-8,15-16,20,26,29H,9-12,24H2/t15-,16+,20?. The Morgan fingerprint density at radius 1 is 1.13 bits per heavy atom. The van der Waals surface area contributed by atoms with Gasteiger partial charge in [0.25, 0.3) is 0 Å². The lowest BCUT2D eigenvalue weighted by molar-refractivity contribution is 0.115. The highest BCUT2D eigenvalue weighted by Gasteiger charge is 2.53. The van der Waals surface area contributed by atoms with Crippen LogP contribution in [0.1, 0.15) is 11.1 Å². The van der Waals surface area contributed by atoms with Gasteiger partial charge in [-0.25, -0.2) is 4.99 Å². The van der Waals surface area contributed by atoms with Crippen LogP contribution in [-0.2, 0) is 4.84 Å². The van der Waals surface area contributed by atoms with Gasteiger partial charge in [-0.1, -0.05) is 41.6 Å². The van der Waals surface area contributed by atoms with Gasteiger partial charge in [0, 0.05) is 42.1 Å². The van der Waals surface area contributed by atoms with E-state index in [1.54, 1.807) is 0 Å². The van der Waals surface area contributed by atoms with E-state index in [1.165, 1.54) is 0 Å². The molecule has 1 aromatic heterocycles. The molecule has 3 atom stereocenters. The van der Waals surface area contributed by atoms with E-state index in [9.17, 15) is 5.11 Å². The van der Waals surface area contributed by atoms with Crippen molar-refractivity contribution < 1.29 is 9.94 Å². The minimum absolute atomic E-state index is 0.0862. The molecule has 3 aromatic rings. The number of hydrogen-bond donors (Lipinski definition) is 3. The summed E-state index contributed by atoms with van der Waals surface area (Å²) in [6.07, 6.45) is 0. The van der Waals surface area contributed by atoms with Crippen LogP contribution >= 0.6 is 0 Å². The fraction of sp³-hybridized carbons (Fsp3) is 0.304. The zero-order valence-electron chi connectivity index (χ0n) is 16.5. The number of para-hydroxylation sites is 2. The van der Waals surface area contributed by atoms with Gasteiger partial charge in [0.2, 0.25) is 0 Å². The zero-order valence-corrected chi connectivity index (χ0v) is 16.5. The van der Waals surface area contributed by atoms with Crippen molar-refractivity contribution in [3.05, 3.63) is 59.7 Å². The van der Waals surface area contributed by atoms with E-state index in [0.717, 1.165) is 41.8 Å². The molecule has 0 bridgehead atoms. The number of fused-ring (bicyclic) bond motifs is 3. The van der Waals surface area contributed by atoms with Gasteiger partial charge in [-0.05, 0) is 24.0 Å². The largest absolute Gasteiger partial charge is 0.494 e. The minimum atomic E-state index is 0.0862. The van der Waals surface area contributed by atoms with Gasteiger partial charge in [-0.15, -0.1) is 0 Å². The van der Waals surface area contributed by atoms with Crippen molar-refractivity contribution in [2.45, 2.75) is 6.04 Å². The predicted molar refractivity (Wildman–Crippen MR) is 116 cm³/mol. The fourth-order valence-electron chi connectivity index (χ4n) is 4.83. The van der Waals surface area contributed by atoms with E-state index >= 15 is 0 Å². The van der Waals surface area contributed by atoms with Crippen molar-refractivity contribution in [3.8, 4) is 5.88 Å².